The fraction of sp³-hybridized carbons (Fsp3) is 0.417. The van der Waals surface area contributed by atoms with Crippen molar-refractivity contribution >= 4 is 15.9 Å². The summed E-state index contributed by atoms with van der Waals surface area (Å²) in [5.74, 6) is -0.340. The topological polar surface area (TPSA) is 60.4 Å². The van der Waals surface area contributed by atoms with Gasteiger partial charge in [0, 0.05) is 0 Å². The SMILES string of the molecule is CC(=O)C(C)(C)OS(=O)(=O)c1ccc(C)cc1. The molecule has 0 aromatic heterocycles. The third kappa shape index (κ3) is 3.38. The van der Waals surface area contributed by atoms with Crippen LogP contribution in [0.15, 0.2) is 29.2 Å². The third-order valence-corrected chi connectivity index (χ3v) is 3.96. The molecular formula is C12H16O4S. The second-order valence-corrected chi connectivity index (χ2v) is 5.96. The van der Waals surface area contributed by atoms with Gasteiger partial charge in [-0.2, -0.15) is 8.42 Å². The van der Waals surface area contributed by atoms with Crippen molar-refractivity contribution in [3.63, 3.8) is 0 Å². The number of Topliss-reactive ketones (excluding diaryl/α,β-unsaturated/α-hetero) is 1. The Labute approximate surface area is 102 Å². The summed E-state index contributed by atoms with van der Waals surface area (Å²) in [6.45, 7) is 6.02. The van der Waals surface area contributed by atoms with Crippen LogP contribution in [-0.4, -0.2) is 19.8 Å². The molecule has 0 amide bonds. The summed E-state index contributed by atoms with van der Waals surface area (Å²) >= 11 is 0. The van der Waals surface area contributed by atoms with E-state index in [1.54, 1.807) is 12.1 Å². The van der Waals surface area contributed by atoms with E-state index >= 15 is 0 Å². The Bertz CT molecular complexity index is 512. The lowest BCUT2D eigenvalue weighted by Gasteiger charge is -2.21. The molecule has 0 fully saturated rings. The molecule has 0 saturated carbocycles. The zero-order chi connectivity index (χ0) is 13.3. The van der Waals surface area contributed by atoms with E-state index in [0.29, 0.717) is 0 Å². The van der Waals surface area contributed by atoms with Gasteiger partial charge in [-0.3, -0.25) is 8.98 Å². The van der Waals surface area contributed by atoms with E-state index in [4.69, 9.17) is 4.18 Å². The fourth-order valence-corrected chi connectivity index (χ4v) is 2.32. The molecule has 0 heterocycles. The molecule has 0 unspecified atom stereocenters. The Morgan fingerprint density at radius 2 is 1.65 bits per heavy atom. The minimum atomic E-state index is -3.90. The maximum absolute atomic E-state index is 11.9. The normalized spacial score (nSPS) is 12.5. The number of rotatable bonds is 4. The highest BCUT2D eigenvalue weighted by Crippen LogP contribution is 2.21. The Kier molecular flexibility index (Phi) is 3.74. The number of benzene rings is 1. The molecule has 0 atom stereocenters. The van der Waals surface area contributed by atoms with E-state index in [2.05, 4.69) is 0 Å². The summed E-state index contributed by atoms with van der Waals surface area (Å²) in [4.78, 5) is 11.3. The number of carbonyl (C=O) groups is 1. The van der Waals surface area contributed by atoms with Gasteiger partial charge >= 0.3 is 0 Å². The van der Waals surface area contributed by atoms with Crippen LogP contribution in [0.2, 0.25) is 0 Å². The summed E-state index contributed by atoms with van der Waals surface area (Å²) < 4.78 is 28.7. The van der Waals surface area contributed by atoms with Crippen molar-refractivity contribution < 1.29 is 17.4 Å². The molecule has 4 nitrogen and oxygen atoms in total. The lowest BCUT2D eigenvalue weighted by molar-refractivity contribution is -0.129. The Hall–Kier alpha value is -1.20. The molecule has 94 valence electrons. The maximum Gasteiger partial charge on any atom is 0.297 e. The van der Waals surface area contributed by atoms with Crippen LogP contribution in [0, 0.1) is 6.92 Å². The highest BCUT2D eigenvalue weighted by atomic mass is 32.2. The first-order valence-corrected chi connectivity index (χ1v) is 6.59. The van der Waals surface area contributed by atoms with E-state index in [1.165, 1.54) is 32.9 Å². The van der Waals surface area contributed by atoms with Crippen LogP contribution in [0.1, 0.15) is 26.3 Å². The van der Waals surface area contributed by atoms with Gasteiger partial charge in [-0.1, -0.05) is 17.7 Å². The molecule has 17 heavy (non-hydrogen) atoms. The highest BCUT2D eigenvalue weighted by Gasteiger charge is 2.32. The first-order valence-electron chi connectivity index (χ1n) is 5.18. The van der Waals surface area contributed by atoms with Crippen molar-refractivity contribution in [3.05, 3.63) is 29.8 Å². The molecule has 1 aromatic carbocycles. The molecule has 5 heteroatoms. The summed E-state index contributed by atoms with van der Waals surface area (Å²) in [5, 5.41) is 0. The minimum absolute atomic E-state index is 0.0532. The van der Waals surface area contributed by atoms with Gasteiger partial charge in [-0.25, -0.2) is 0 Å². The summed E-state index contributed by atoms with van der Waals surface area (Å²) in [5.41, 5.74) is -0.390. The van der Waals surface area contributed by atoms with Gasteiger partial charge in [0.15, 0.2) is 5.78 Å². The Morgan fingerprint density at radius 3 is 2.06 bits per heavy atom. The van der Waals surface area contributed by atoms with Crippen molar-refractivity contribution in [3.8, 4) is 0 Å². The lowest BCUT2D eigenvalue weighted by Crippen LogP contribution is -2.35. The van der Waals surface area contributed by atoms with Crippen LogP contribution < -0.4 is 0 Å². The smallest absolute Gasteiger partial charge is 0.297 e. The largest absolute Gasteiger partial charge is 0.297 e. The summed E-state index contributed by atoms with van der Waals surface area (Å²) in [7, 11) is -3.90. The quantitative estimate of drug-likeness (QED) is 0.774. The molecular weight excluding hydrogens is 240 g/mol. The summed E-state index contributed by atoms with van der Waals surface area (Å²) in [6.07, 6.45) is 0. The van der Waals surface area contributed by atoms with E-state index in [-0.39, 0.29) is 10.7 Å². The van der Waals surface area contributed by atoms with Crippen molar-refractivity contribution in [2.45, 2.75) is 38.2 Å². The van der Waals surface area contributed by atoms with Crippen LogP contribution in [0.5, 0.6) is 0 Å². The number of aryl methyl sites for hydroxylation is 1. The van der Waals surface area contributed by atoms with E-state index in [0.717, 1.165) is 5.56 Å². The van der Waals surface area contributed by atoms with Gasteiger partial charge in [0.1, 0.15) is 5.60 Å². The second kappa shape index (κ2) is 4.58. The fourth-order valence-electron chi connectivity index (χ4n) is 1.09. The van der Waals surface area contributed by atoms with Gasteiger partial charge in [0.25, 0.3) is 10.1 Å². The standard InChI is InChI=1S/C12H16O4S/c1-9-5-7-11(8-6-9)17(14,15)16-12(3,4)10(2)13/h5-8H,1-4H3. The predicted molar refractivity (Wildman–Crippen MR) is 64.2 cm³/mol. The molecule has 0 N–H and O–H groups in total. The monoisotopic (exact) mass is 256 g/mol. The van der Waals surface area contributed by atoms with Crippen molar-refractivity contribution in [1.82, 2.24) is 0 Å². The molecule has 0 aliphatic carbocycles. The number of carbonyl (C=O) groups excluding carboxylic acids is 1. The molecule has 1 aromatic rings. The third-order valence-electron chi connectivity index (χ3n) is 2.48. The number of hydrogen-bond acceptors (Lipinski definition) is 4. The molecule has 0 spiro atoms. The molecule has 0 radical (unpaired) electrons. The first-order chi connectivity index (χ1) is 7.65. The number of hydrogen-bond donors (Lipinski definition) is 0. The molecule has 0 aliphatic rings. The molecule has 0 aliphatic heterocycles. The second-order valence-electron chi connectivity index (χ2n) is 4.42. The van der Waals surface area contributed by atoms with Crippen molar-refractivity contribution in [2.24, 2.45) is 0 Å². The maximum atomic E-state index is 11.9. The molecule has 0 saturated heterocycles. The van der Waals surface area contributed by atoms with Crippen LogP contribution in [0.4, 0.5) is 0 Å². The predicted octanol–water partition coefficient (Wildman–Crippen LogP) is 2.07. The van der Waals surface area contributed by atoms with Gasteiger partial charge in [-0.05, 0) is 39.8 Å². The average molecular weight is 256 g/mol. The Morgan fingerprint density at radius 1 is 1.18 bits per heavy atom. The average Bonchev–Trinajstić information content (AvgIpc) is 2.16. The van der Waals surface area contributed by atoms with E-state index in [1.807, 2.05) is 6.92 Å². The lowest BCUT2D eigenvalue weighted by atomic mass is 10.1. The zero-order valence-electron chi connectivity index (χ0n) is 10.4. The summed E-state index contributed by atoms with van der Waals surface area (Å²) in [6, 6.07) is 6.27. The number of ketones is 1. The van der Waals surface area contributed by atoms with Crippen molar-refractivity contribution in [1.29, 1.82) is 0 Å². The Balaban J connectivity index is 3.05. The molecule has 0 bridgehead atoms. The van der Waals surface area contributed by atoms with Gasteiger partial charge in [0.2, 0.25) is 0 Å². The van der Waals surface area contributed by atoms with Crippen LogP contribution in [0.25, 0.3) is 0 Å². The zero-order valence-corrected chi connectivity index (χ0v) is 11.2. The highest BCUT2D eigenvalue weighted by molar-refractivity contribution is 7.86. The molecule has 1 rings (SSSR count). The van der Waals surface area contributed by atoms with Gasteiger partial charge < -0.3 is 0 Å². The van der Waals surface area contributed by atoms with Crippen LogP contribution in [-0.2, 0) is 19.1 Å². The first kappa shape index (κ1) is 13.9. The van der Waals surface area contributed by atoms with Crippen LogP contribution >= 0.6 is 0 Å². The van der Waals surface area contributed by atoms with Crippen LogP contribution in [0.3, 0.4) is 0 Å². The minimum Gasteiger partial charge on any atom is -0.297 e. The van der Waals surface area contributed by atoms with Crippen molar-refractivity contribution in [2.75, 3.05) is 0 Å². The van der Waals surface area contributed by atoms with Gasteiger partial charge in [0.05, 0.1) is 4.90 Å². The van der Waals surface area contributed by atoms with E-state index in [9.17, 15) is 13.2 Å². The van der Waals surface area contributed by atoms with Gasteiger partial charge in [-0.15, -0.1) is 0 Å². The van der Waals surface area contributed by atoms with E-state index < -0.39 is 15.7 Å².